The first kappa shape index (κ1) is 9.74. The van der Waals surface area contributed by atoms with Crippen LogP contribution in [0.3, 0.4) is 0 Å². The molecule has 3 nitrogen and oxygen atoms in total. The minimum absolute atomic E-state index is 0.372. The average Bonchev–Trinajstić information content (AvgIpc) is 1.82. The van der Waals surface area contributed by atoms with Crippen molar-refractivity contribution in [1.29, 1.82) is 0 Å². The van der Waals surface area contributed by atoms with Gasteiger partial charge in [-0.05, 0) is 26.1 Å². The molecule has 0 aromatic carbocycles. The Bertz CT molecular complexity index is 166. The van der Waals surface area contributed by atoms with Gasteiger partial charge in [0.05, 0.1) is 6.10 Å². The van der Waals surface area contributed by atoms with E-state index in [1.807, 2.05) is 0 Å². The minimum atomic E-state index is 0.372. The van der Waals surface area contributed by atoms with E-state index in [0.717, 1.165) is 18.2 Å². The van der Waals surface area contributed by atoms with Crippen molar-refractivity contribution in [2.24, 2.45) is 0 Å². The normalized spacial score (nSPS) is 17.8. The second-order valence-electron chi connectivity index (χ2n) is 3.37. The molecule has 0 spiro atoms. The van der Waals surface area contributed by atoms with Crippen molar-refractivity contribution in [2.45, 2.75) is 26.0 Å². The number of methoxy groups -OCH3 is 1. The van der Waals surface area contributed by atoms with Gasteiger partial charge in [-0.2, -0.15) is 0 Å². The molecule has 1 aliphatic rings. The fourth-order valence-electron chi connectivity index (χ4n) is 1.09. The molecule has 0 unspecified atom stereocenters. The summed E-state index contributed by atoms with van der Waals surface area (Å²) in [6.45, 7) is 6.02. The highest BCUT2D eigenvalue weighted by Gasteiger charge is 2.28. The molecule has 0 radical (unpaired) electrons. The third-order valence-electron chi connectivity index (χ3n) is 1.88. The van der Waals surface area contributed by atoms with Gasteiger partial charge in [0.25, 0.3) is 0 Å². The molecule has 1 N–H and O–H groups in total. The van der Waals surface area contributed by atoms with Gasteiger partial charge < -0.3 is 15.0 Å². The molecule has 1 aliphatic heterocycles. The van der Waals surface area contributed by atoms with E-state index in [2.05, 4.69) is 24.1 Å². The molecule has 0 aromatic rings. The van der Waals surface area contributed by atoms with Gasteiger partial charge in [-0.1, -0.05) is 0 Å². The van der Waals surface area contributed by atoms with Crippen LogP contribution in [-0.4, -0.2) is 42.4 Å². The molecule has 0 amide bonds. The van der Waals surface area contributed by atoms with Crippen molar-refractivity contribution in [3.05, 3.63) is 0 Å². The molecular formula is C8H16N2OS. The fraction of sp³-hybridized carbons (Fsp3) is 0.875. The van der Waals surface area contributed by atoms with Crippen LogP contribution >= 0.6 is 12.2 Å². The van der Waals surface area contributed by atoms with Crippen LogP contribution in [0, 0.1) is 0 Å². The van der Waals surface area contributed by atoms with Crippen LogP contribution in [0.25, 0.3) is 0 Å². The lowest BCUT2D eigenvalue weighted by molar-refractivity contribution is 0.00529. The minimum Gasteiger partial charge on any atom is -0.378 e. The van der Waals surface area contributed by atoms with Crippen molar-refractivity contribution in [3.8, 4) is 0 Å². The molecule has 0 aromatic heterocycles. The molecule has 0 aliphatic carbocycles. The fourth-order valence-corrected chi connectivity index (χ4v) is 1.48. The monoisotopic (exact) mass is 188 g/mol. The van der Waals surface area contributed by atoms with E-state index in [9.17, 15) is 0 Å². The molecule has 1 fully saturated rings. The summed E-state index contributed by atoms with van der Waals surface area (Å²) in [5, 5.41) is 4.04. The summed E-state index contributed by atoms with van der Waals surface area (Å²) >= 11 is 5.16. The molecule has 0 bridgehead atoms. The highest BCUT2D eigenvalue weighted by Crippen LogP contribution is 2.10. The molecule has 1 rings (SSSR count). The smallest absolute Gasteiger partial charge is 0.169 e. The lowest BCUT2D eigenvalue weighted by Gasteiger charge is -2.40. The first-order valence-corrected chi connectivity index (χ1v) is 4.62. The van der Waals surface area contributed by atoms with Crippen LogP contribution in [0.15, 0.2) is 0 Å². The Kier molecular flexibility index (Phi) is 3.29. The van der Waals surface area contributed by atoms with E-state index >= 15 is 0 Å². The van der Waals surface area contributed by atoms with Crippen LogP contribution in [0.4, 0.5) is 0 Å². The van der Waals surface area contributed by atoms with Crippen LogP contribution in [-0.2, 0) is 4.74 Å². The Morgan fingerprint density at radius 3 is 2.58 bits per heavy atom. The molecule has 1 saturated heterocycles. The van der Waals surface area contributed by atoms with Crippen molar-refractivity contribution in [2.75, 3.05) is 20.2 Å². The SMILES string of the molecule is COC1CN(C(=S)NC(C)C)C1. The zero-order chi connectivity index (χ0) is 9.14. The third-order valence-corrected chi connectivity index (χ3v) is 2.26. The van der Waals surface area contributed by atoms with E-state index in [4.69, 9.17) is 17.0 Å². The van der Waals surface area contributed by atoms with E-state index < -0.39 is 0 Å². The summed E-state index contributed by atoms with van der Waals surface area (Å²) in [7, 11) is 1.74. The number of ether oxygens (including phenoxy) is 1. The predicted molar refractivity (Wildman–Crippen MR) is 53.2 cm³/mol. The van der Waals surface area contributed by atoms with Gasteiger partial charge in [-0.15, -0.1) is 0 Å². The van der Waals surface area contributed by atoms with Gasteiger partial charge in [-0.25, -0.2) is 0 Å². The first-order valence-electron chi connectivity index (χ1n) is 4.21. The standard InChI is InChI=1S/C8H16N2OS/c1-6(2)9-8(12)10-4-7(5-10)11-3/h6-7H,4-5H2,1-3H3,(H,9,12). The number of hydrogen-bond acceptors (Lipinski definition) is 2. The average molecular weight is 188 g/mol. The number of hydrogen-bond donors (Lipinski definition) is 1. The molecule has 70 valence electrons. The molecular weight excluding hydrogens is 172 g/mol. The molecule has 4 heteroatoms. The Balaban J connectivity index is 2.19. The third kappa shape index (κ3) is 2.32. The van der Waals surface area contributed by atoms with Crippen LogP contribution < -0.4 is 5.32 Å². The van der Waals surface area contributed by atoms with Crippen LogP contribution in [0.1, 0.15) is 13.8 Å². The predicted octanol–water partition coefficient (Wildman–Crippen LogP) is 0.600. The topological polar surface area (TPSA) is 24.5 Å². The number of thiocarbonyl (C=S) groups is 1. The maximum Gasteiger partial charge on any atom is 0.169 e. The van der Waals surface area contributed by atoms with E-state index in [0.29, 0.717) is 12.1 Å². The van der Waals surface area contributed by atoms with Gasteiger partial charge in [-0.3, -0.25) is 0 Å². The number of rotatable bonds is 2. The van der Waals surface area contributed by atoms with Crippen molar-refractivity contribution in [1.82, 2.24) is 10.2 Å². The molecule has 0 atom stereocenters. The molecule has 1 heterocycles. The zero-order valence-corrected chi connectivity index (χ0v) is 8.65. The van der Waals surface area contributed by atoms with Crippen LogP contribution in [0.2, 0.25) is 0 Å². The number of likely N-dealkylation sites (tertiary alicyclic amines) is 1. The molecule has 12 heavy (non-hydrogen) atoms. The van der Waals surface area contributed by atoms with Crippen molar-refractivity contribution in [3.63, 3.8) is 0 Å². The highest BCUT2D eigenvalue weighted by molar-refractivity contribution is 7.80. The van der Waals surface area contributed by atoms with Gasteiger partial charge >= 0.3 is 0 Å². The Hall–Kier alpha value is -0.350. The summed E-state index contributed by atoms with van der Waals surface area (Å²) < 4.78 is 5.14. The van der Waals surface area contributed by atoms with Gasteiger partial charge in [0, 0.05) is 26.2 Å². The van der Waals surface area contributed by atoms with Gasteiger partial charge in [0.2, 0.25) is 0 Å². The van der Waals surface area contributed by atoms with Crippen molar-refractivity contribution >= 4 is 17.3 Å². The maximum absolute atomic E-state index is 5.16. The van der Waals surface area contributed by atoms with E-state index in [-0.39, 0.29) is 0 Å². The second-order valence-corrected chi connectivity index (χ2v) is 3.75. The van der Waals surface area contributed by atoms with Crippen LogP contribution in [0.5, 0.6) is 0 Å². The largest absolute Gasteiger partial charge is 0.378 e. The van der Waals surface area contributed by atoms with E-state index in [1.54, 1.807) is 7.11 Å². The van der Waals surface area contributed by atoms with E-state index in [1.165, 1.54) is 0 Å². The Morgan fingerprint density at radius 2 is 2.17 bits per heavy atom. The Labute approximate surface area is 79.1 Å². The van der Waals surface area contributed by atoms with Gasteiger partial charge in [0.1, 0.15) is 0 Å². The summed E-state index contributed by atoms with van der Waals surface area (Å²) in [6.07, 6.45) is 0.372. The number of nitrogens with one attached hydrogen (secondary N) is 1. The summed E-state index contributed by atoms with van der Waals surface area (Å²) in [4.78, 5) is 2.11. The first-order chi connectivity index (χ1) is 5.63. The Morgan fingerprint density at radius 1 is 1.58 bits per heavy atom. The summed E-state index contributed by atoms with van der Waals surface area (Å²) in [5.41, 5.74) is 0. The highest BCUT2D eigenvalue weighted by atomic mass is 32.1. The second kappa shape index (κ2) is 4.05. The molecule has 0 saturated carbocycles. The maximum atomic E-state index is 5.16. The van der Waals surface area contributed by atoms with Gasteiger partial charge in [0.15, 0.2) is 5.11 Å². The zero-order valence-electron chi connectivity index (χ0n) is 7.83. The number of nitrogens with zero attached hydrogens (tertiary/aromatic N) is 1. The van der Waals surface area contributed by atoms with Crippen molar-refractivity contribution < 1.29 is 4.74 Å². The lowest BCUT2D eigenvalue weighted by atomic mass is 10.2. The summed E-state index contributed by atoms with van der Waals surface area (Å²) in [5.74, 6) is 0. The quantitative estimate of drug-likeness (QED) is 0.641. The lowest BCUT2D eigenvalue weighted by Crippen LogP contribution is -2.58. The summed E-state index contributed by atoms with van der Waals surface area (Å²) in [6, 6.07) is 0.416.